The maximum atomic E-state index is 12.9. The Morgan fingerprint density at radius 3 is 2.76 bits per heavy atom. The van der Waals surface area contributed by atoms with E-state index in [0.29, 0.717) is 51.7 Å². The number of rotatable bonds is 6. The number of fused-ring (bicyclic) bond motifs is 1. The number of carbonyl (C=O) groups is 1. The molecule has 0 saturated carbocycles. The minimum absolute atomic E-state index is 0.114. The van der Waals surface area contributed by atoms with E-state index >= 15 is 0 Å². The molecule has 1 saturated heterocycles. The van der Waals surface area contributed by atoms with Gasteiger partial charge in [0.15, 0.2) is 5.65 Å². The van der Waals surface area contributed by atoms with Crippen molar-refractivity contribution in [2.45, 2.75) is 19.0 Å². The van der Waals surface area contributed by atoms with Crippen molar-refractivity contribution >= 4 is 52.0 Å². The summed E-state index contributed by atoms with van der Waals surface area (Å²) >= 11 is 18.2. The summed E-state index contributed by atoms with van der Waals surface area (Å²) in [5.74, 6) is 0.622. The standard InChI is InChI=1S/C19H18Cl3N5O2/c20-12-2-1-11(14(21)8-12)7-13-9-26(19(29)27(13)5-6-28)10-17-23-15-3-4-16(22)24-18(15)25-17/h1-4,8,13,28H,5-7,9-10H2,(H,23,24,25). The van der Waals surface area contributed by atoms with Crippen molar-refractivity contribution in [2.75, 3.05) is 19.7 Å². The predicted octanol–water partition coefficient (Wildman–Crippen LogP) is 3.76. The van der Waals surface area contributed by atoms with Gasteiger partial charge in [-0.05, 0) is 36.2 Å². The summed E-state index contributed by atoms with van der Waals surface area (Å²) in [5, 5.41) is 10.9. The first kappa shape index (κ1) is 20.2. The van der Waals surface area contributed by atoms with Gasteiger partial charge in [0.25, 0.3) is 0 Å². The van der Waals surface area contributed by atoms with E-state index in [1.54, 1.807) is 34.1 Å². The molecule has 1 aliphatic heterocycles. The van der Waals surface area contributed by atoms with Crippen LogP contribution >= 0.6 is 34.8 Å². The monoisotopic (exact) mass is 453 g/mol. The largest absolute Gasteiger partial charge is 0.395 e. The zero-order valence-corrected chi connectivity index (χ0v) is 17.5. The minimum Gasteiger partial charge on any atom is -0.395 e. The number of aliphatic hydroxyl groups excluding tert-OH is 1. The Bertz CT molecular complexity index is 1060. The molecular weight excluding hydrogens is 437 g/mol. The second-order valence-electron chi connectivity index (χ2n) is 6.86. The molecule has 1 atom stereocenters. The molecule has 2 amide bonds. The first-order valence-electron chi connectivity index (χ1n) is 9.06. The Morgan fingerprint density at radius 1 is 1.17 bits per heavy atom. The normalized spacial score (nSPS) is 17.0. The molecule has 3 aromatic rings. The van der Waals surface area contributed by atoms with Gasteiger partial charge in [0.05, 0.1) is 19.2 Å². The number of amides is 2. The number of hydrogen-bond donors (Lipinski definition) is 2. The van der Waals surface area contributed by atoms with E-state index in [2.05, 4.69) is 15.0 Å². The molecule has 152 valence electrons. The lowest BCUT2D eigenvalue weighted by Crippen LogP contribution is -2.38. The lowest BCUT2D eigenvalue weighted by molar-refractivity contribution is 0.167. The van der Waals surface area contributed by atoms with E-state index in [9.17, 15) is 9.90 Å². The molecule has 1 aliphatic rings. The highest BCUT2D eigenvalue weighted by Gasteiger charge is 2.37. The van der Waals surface area contributed by atoms with Gasteiger partial charge in [0.2, 0.25) is 0 Å². The minimum atomic E-state index is -0.152. The van der Waals surface area contributed by atoms with Crippen LogP contribution in [-0.4, -0.2) is 61.6 Å². The number of nitrogens with zero attached hydrogens (tertiary/aromatic N) is 4. The number of halogens is 3. The van der Waals surface area contributed by atoms with E-state index in [0.717, 1.165) is 5.56 Å². The molecule has 3 heterocycles. The third-order valence-corrected chi connectivity index (χ3v) is 5.70. The van der Waals surface area contributed by atoms with Crippen molar-refractivity contribution in [1.82, 2.24) is 24.8 Å². The molecule has 0 aliphatic carbocycles. The fraction of sp³-hybridized carbons (Fsp3) is 0.316. The third kappa shape index (κ3) is 4.28. The zero-order valence-electron chi connectivity index (χ0n) is 15.3. The van der Waals surface area contributed by atoms with E-state index in [1.165, 1.54) is 0 Å². The molecule has 1 unspecified atom stereocenters. The molecular formula is C19H18Cl3N5O2. The second kappa shape index (κ2) is 8.36. The number of pyridine rings is 1. The van der Waals surface area contributed by atoms with Gasteiger partial charge in [-0.2, -0.15) is 0 Å². The summed E-state index contributed by atoms with van der Waals surface area (Å²) in [6.07, 6.45) is 0.565. The Balaban J connectivity index is 1.53. The number of imidazole rings is 1. The van der Waals surface area contributed by atoms with Crippen LogP contribution in [0.2, 0.25) is 15.2 Å². The zero-order chi connectivity index (χ0) is 20.5. The Kier molecular flexibility index (Phi) is 5.83. The first-order chi connectivity index (χ1) is 13.9. The fourth-order valence-electron chi connectivity index (χ4n) is 3.58. The first-order valence-corrected chi connectivity index (χ1v) is 10.2. The maximum Gasteiger partial charge on any atom is 0.320 e. The topological polar surface area (TPSA) is 85.4 Å². The Morgan fingerprint density at radius 2 is 2.00 bits per heavy atom. The van der Waals surface area contributed by atoms with Crippen LogP contribution in [0.4, 0.5) is 4.79 Å². The van der Waals surface area contributed by atoms with Gasteiger partial charge in [-0.15, -0.1) is 0 Å². The van der Waals surface area contributed by atoms with Crippen LogP contribution in [0.1, 0.15) is 11.4 Å². The second-order valence-corrected chi connectivity index (χ2v) is 8.09. The maximum absolute atomic E-state index is 12.9. The van der Waals surface area contributed by atoms with Crippen LogP contribution in [0.15, 0.2) is 30.3 Å². The summed E-state index contributed by atoms with van der Waals surface area (Å²) in [6, 6.07) is 8.51. The lowest BCUT2D eigenvalue weighted by atomic mass is 10.1. The number of nitrogens with one attached hydrogen (secondary N) is 1. The highest BCUT2D eigenvalue weighted by molar-refractivity contribution is 6.35. The fourth-order valence-corrected chi connectivity index (χ4v) is 4.21. The molecule has 29 heavy (non-hydrogen) atoms. The molecule has 7 nitrogen and oxygen atoms in total. The molecule has 2 N–H and O–H groups in total. The number of benzene rings is 1. The van der Waals surface area contributed by atoms with E-state index < -0.39 is 0 Å². The summed E-state index contributed by atoms with van der Waals surface area (Å²) in [7, 11) is 0. The van der Waals surface area contributed by atoms with Gasteiger partial charge in [-0.1, -0.05) is 40.9 Å². The van der Waals surface area contributed by atoms with E-state index in [-0.39, 0.29) is 25.2 Å². The van der Waals surface area contributed by atoms with Gasteiger partial charge in [0, 0.05) is 23.1 Å². The number of H-pyrrole nitrogens is 1. The number of aromatic amines is 1. The van der Waals surface area contributed by atoms with E-state index in [4.69, 9.17) is 34.8 Å². The van der Waals surface area contributed by atoms with Crippen LogP contribution in [0.3, 0.4) is 0 Å². The molecule has 0 bridgehead atoms. The van der Waals surface area contributed by atoms with Crippen LogP contribution in [0.25, 0.3) is 11.2 Å². The number of carbonyl (C=O) groups excluding carboxylic acids is 1. The van der Waals surface area contributed by atoms with Crippen LogP contribution in [0.5, 0.6) is 0 Å². The van der Waals surface area contributed by atoms with Gasteiger partial charge < -0.3 is 19.9 Å². The summed E-state index contributed by atoms with van der Waals surface area (Å²) in [6.45, 7) is 0.933. The third-order valence-electron chi connectivity index (χ3n) is 4.90. The molecule has 1 aromatic carbocycles. The number of aliphatic hydroxyl groups is 1. The van der Waals surface area contributed by atoms with Gasteiger partial charge in [0.1, 0.15) is 16.5 Å². The average Bonchev–Trinajstić information content (AvgIpc) is 3.19. The van der Waals surface area contributed by atoms with Gasteiger partial charge >= 0.3 is 6.03 Å². The smallest absolute Gasteiger partial charge is 0.320 e. The molecule has 0 radical (unpaired) electrons. The van der Waals surface area contributed by atoms with Crippen LogP contribution in [0, 0.1) is 0 Å². The van der Waals surface area contributed by atoms with Gasteiger partial charge in [-0.25, -0.2) is 14.8 Å². The molecule has 0 spiro atoms. The number of hydrogen-bond acceptors (Lipinski definition) is 4. The number of urea groups is 1. The number of aromatic nitrogens is 3. The summed E-state index contributed by atoms with van der Waals surface area (Å²) in [5.41, 5.74) is 2.17. The van der Waals surface area contributed by atoms with Crippen molar-refractivity contribution in [1.29, 1.82) is 0 Å². The molecule has 10 heteroatoms. The summed E-state index contributed by atoms with van der Waals surface area (Å²) < 4.78 is 0. The SMILES string of the molecule is O=C1N(Cc2nc3ccc(Cl)nc3[nH]2)CC(Cc2ccc(Cl)cc2Cl)N1CCO. The average molecular weight is 455 g/mol. The Labute approximate surface area is 182 Å². The van der Waals surface area contributed by atoms with Crippen LogP contribution < -0.4 is 0 Å². The van der Waals surface area contributed by atoms with Crippen molar-refractivity contribution in [3.05, 3.63) is 56.9 Å². The molecule has 1 fully saturated rings. The summed E-state index contributed by atoms with van der Waals surface area (Å²) in [4.78, 5) is 28.1. The van der Waals surface area contributed by atoms with E-state index in [1.807, 2.05) is 6.07 Å². The van der Waals surface area contributed by atoms with Crippen molar-refractivity contribution < 1.29 is 9.90 Å². The highest BCUT2D eigenvalue weighted by Crippen LogP contribution is 2.27. The Hall–Kier alpha value is -2.06. The van der Waals surface area contributed by atoms with Crippen molar-refractivity contribution in [3.8, 4) is 0 Å². The quantitative estimate of drug-likeness (QED) is 0.555. The molecule has 4 rings (SSSR count). The van der Waals surface area contributed by atoms with Crippen molar-refractivity contribution in [3.63, 3.8) is 0 Å². The predicted molar refractivity (Wildman–Crippen MR) is 112 cm³/mol. The number of β-amino-alcohol motifs (C(OH)–C–C–N with tert-alkyl or cyclic N) is 1. The molecule has 2 aromatic heterocycles. The lowest BCUT2D eigenvalue weighted by Gasteiger charge is -2.22. The van der Waals surface area contributed by atoms with Crippen LogP contribution in [-0.2, 0) is 13.0 Å². The van der Waals surface area contributed by atoms with Gasteiger partial charge in [-0.3, -0.25) is 0 Å². The van der Waals surface area contributed by atoms with Crippen molar-refractivity contribution in [2.24, 2.45) is 0 Å². The highest BCUT2D eigenvalue weighted by atomic mass is 35.5.